The molecule has 5 nitrogen and oxygen atoms in total. The summed E-state index contributed by atoms with van der Waals surface area (Å²) < 4.78 is 10.7. The van der Waals surface area contributed by atoms with Gasteiger partial charge in [0.1, 0.15) is 0 Å². The number of nitrogens with zero attached hydrogens (tertiary/aromatic N) is 2. The molecule has 1 aliphatic heterocycles. The molecule has 0 unspecified atom stereocenters. The summed E-state index contributed by atoms with van der Waals surface area (Å²) in [6.45, 7) is 5.52. The van der Waals surface area contributed by atoms with Crippen molar-refractivity contribution in [1.82, 2.24) is 9.80 Å². The minimum atomic E-state index is 0.187. The monoisotopic (exact) mass is 368 g/mol. The van der Waals surface area contributed by atoms with Crippen molar-refractivity contribution in [1.29, 1.82) is 0 Å². The maximum Gasteiger partial charge on any atom is 0.237 e. The summed E-state index contributed by atoms with van der Waals surface area (Å²) >= 11 is 0. The molecule has 1 aliphatic rings. The highest BCUT2D eigenvalue weighted by Crippen LogP contribution is 2.28. The second-order valence-electron chi connectivity index (χ2n) is 6.83. The number of carbonyl (C=O) groups is 1. The van der Waals surface area contributed by atoms with Crippen LogP contribution >= 0.6 is 0 Å². The average Bonchev–Trinajstić information content (AvgIpc) is 2.72. The first-order valence-corrected chi connectivity index (χ1v) is 9.42. The maximum absolute atomic E-state index is 12.8. The largest absolute Gasteiger partial charge is 0.493 e. The number of benzene rings is 2. The van der Waals surface area contributed by atoms with Crippen LogP contribution in [0.4, 0.5) is 0 Å². The lowest BCUT2D eigenvalue weighted by Gasteiger charge is -2.31. The van der Waals surface area contributed by atoms with Crippen LogP contribution in [0.2, 0.25) is 0 Å². The standard InChI is InChI=1S/C22H28N2O3/c1-4-23(14-17-9-10-20(26-2)21(13-17)27-3)16-22(25)24-12-11-18-7-5-6-8-19(18)15-24/h5-10,13H,4,11-12,14-16H2,1-3H3. The average molecular weight is 368 g/mol. The zero-order valence-electron chi connectivity index (χ0n) is 16.4. The first-order valence-electron chi connectivity index (χ1n) is 9.42. The van der Waals surface area contributed by atoms with E-state index >= 15 is 0 Å². The van der Waals surface area contributed by atoms with Gasteiger partial charge >= 0.3 is 0 Å². The van der Waals surface area contributed by atoms with Crippen molar-refractivity contribution in [3.8, 4) is 11.5 Å². The van der Waals surface area contributed by atoms with Crippen LogP contribution in [0, 0.1) is 0 Å². The number of carbonyl (C=O) groups excluding carboxylic acids is 1. The smallest absolute Gasteiger partial charge is 0.237 e. The molecule has 1 heterocycles. The minimum Gasteiger partial charge on any atom is -0.493 e. The predicted molar refractivity (Wildman–Crippen MR) is 106 cm³/mol. The summed E-state index contributed by atoms with van der Waals surface area (Å²) in [7, 11) is 3.27. The van der Waals surface area contributed by atoms with Crippen LogP contribution < -0.4 is 9.47 Å². The summed E-state index contributed by atoms with van der Waals surface area (Å²) in [4.78, 5) is 17.0. The Kier molecular flexibility index (Phi) is 6.35. The van der Waals surface area contributed by atoms with Gasteiger partial charge in [0.2, 0.25) is 5.91 Å². The van der Waals surface area contributed by atoms with Crippen molar-refractivity contribution < 1.29 is 14.3 Å². The Hall–Kier alpha value is -2.53. The Morgan fingerprint density at radius 3 is 2.52 bits per heavy atom. The molecular weight excluding hydrogens is 340 g/mol. The SMILES string of the molecule is CCN(CC(=O)N1CCc2ccccc2C1)Cc1ccc(OC)c(OC)c1. The highest BCUT2D eigenvalue weighted by atomic mass is 16.5. The van der Waals surface area contributed by atoms with Crippen molar-refractivity contribution in [2.24, 2.45) is 0 Å². The highest BCUT2D eigenvalue weighted by Gasteiger charge is 2.22. The number of ether oxygens (including phenoxy) is 2. The summed E-state index contributed by atoms with van der Waals surface area (Å²) in [5.74, 6) is 1.62. The molecule has 5 heteroatoms. The van der Waals surface area contributed by atoms with Crippen LogP contribution in [0.1, 0.15) is 23.6 Å². The molecule has 27 heavy (non-hydrogen) atoms. The molecule has 0 fully saturated rings. The van der Waals surface area contributed by atoms with Gasteiger partial charge in [0.05, 0.1) is 20.8 Å². The minimum absolute atomic E-state index is 0.187. The van der Waals surface area contributed by atoms with Gasteiger partial charge in [-0.1, -0.05) is 37.3 Å². The summed E-state index contributed by atoms with van der Waals surface area (Å²) in [5.41, 5.74) is 3.73. The molecule has 144 valence electrons. The van der Waals surface area contributed by atoms with Crippen LogP contribution in [-0.4, -0.2) is 49.6 Å². The second kappa shape index (κ2) is 8.91. The maximum atomic E-state index is 12.8. The molecule has 0 saturated carbocycles. The van der Waals surface area contributed by atoms with Gasteiger partial charge < -0.3 is 14.4 Å². The van der Waals surface area contributed by atoms with E-state index in [1.807, 2.05) is 29.2 Å². The van der Waals surface area contributed by atoms with Crippen LogP contribution in [0.15, 0.2) is 42.5 Å². The van der Waals surface area contributed by atoms with E-state index in [4.69, 9.17) is 9.47 Å². The molecule has 0 bridgehead atoms. The molecule has 2 aromatic carbocycles. The molecular formula is C22H28N2O3. The third-order valence-electron chi connectivity index (χ3n) is 5.14. The molecule has 1 amide bonds. The zero-order chi connectivity index (χ0) is 19.2. The number of fused-ring (bicyclic) bond motifs is 1. The van der Waals surface area contributed by atoms with Gasteiger partial charge in [-0.25, -0.2) is 0 Å². The Labute approximate surface area is 161 Å². The van der Waals surface area contributed by atoms with E-state index in [2.05, 4.69) is 30.0 Å². The van der Waals surface area contributed by atoms with Gasteiger partial charge in [-0.15, -0.1) is 0 Å². The Balaban J connectivity index is 1.62. The van der Waals surface area contributed by atoms with Gasteiger partial charge in [-0.3, -0.25) is 9.69 Å². The third kappa shape index (κ3) is 4.61. The third-order valence-corrected chi connectivity index (χ3v) is 5.14. The van der Waals surface area contributed by atoms with Crippen LogP contribution in [0.5, 0.6) is 11.5 Å². The van der Waals surface area contributed by atoms with Crippen molar-refractivity contribution in [2.75, 3.05) is 33.9 Å². The predicted octanol–water partition coefficient (Wildman–Crippen LogP) is 3.11. The summed E-state index contributed by atoms with van der Waals surface area (Å²) in [6.07, 6.45) is 0.934. The highest BCUT2D eigenvalue weighted by molar-refractivity contribution is 5.78. The van der Waals surface area contributed by atoms with Crippen LogP contribution in [0.3, 0.4) is 0 Å². The van der Waals surface area contributed by atoms with Crippen molar-refractivity contribution in [2.45, 2.75) is 26.4 Å². The number of hydrogen-bond acceptors (Lipinski definition) is 4. The second-order valence-corrected chi connectivity index (χ2v) is 6.83. The van der Waals surface area contributed by atoms with E-state index < -0.39 is 0 Å². The summed E-state index contributed by atoms with van der Waals surface area (Å²) in [5, 5.41) is 0. The van der Waals surface area contributed by atoms with E-state index in [1.165, 1.54) is 11.1 Å². The van der Waals surface area contributed by atoms with Crippen molar-refractivity contribution in [3.63, 3.8) is 0 Å². The number of likely N-dealkylation sites (N-methyl/N-ethyl adjacent to an activating group) is 1. The Bertz CT molecular complexity index is 791. The van der Waals surface area contributed by atoms with E-state index in [9.17, 15) is 4.79 Å². The number of amides is 1. The molecule has 0 N–H and O–H groups in total. The molecule has 0 saturated heterocycles. The van der Waals surface area contributed by atoms with Gasteiger partial charge in [0.15, 0.2) is 11.5 Å². The van der Waals surface area contributed by atoms with Crippen LogP contribution in [0.25, 0.3) is 0 Å². The van der Waals surface area contributed by atoms with Crippen molar-refractivity contribution >= 4 is 5.91 Å². The molecule has 0 aromatic heterocycles. The van der Waals surface area contributed by atoms with Gasteiger partial charge in [-0.2, -0.15) is 0 Å². The van der Waals surface area contributed by atoms with E-state index in [-0.39, 0.29) is 5.91 Å². The first kappa shape index (κ1) is 19.2. The van der Waals surface area contributed by atoms with E-state index in [1.54, 1.807) is 14.2 Å². The molecule has 0 spiro atoms. The zero-order valence-corrected chi connectivity index (χ0v) is 16.4. The van der Waals surface area contributed by atoms with E-state index in [0.29, 0.717) is 31.1 Å². The molecule has 0 atom stereocenters. The number of methoxy groups -OCH3 is 2. The normalized spacial score (nSPS) is 13.4. The quantitative estimate of drug-likeness (QED) is 0.753. The van der Waals surface area contributed by atoms with Gasteiger partial charge in [0, 0.05) is 19.6 Å². The number of hydrogen-bond donors (Lipinski definition) is 0. The molecule has 3 rings (SSSR count). The molecule has 0 radical (unpaired) electrons. The lowest BCUT2D eigenvalue weighted by atomic mass is 10.00. The van der Waals surface area contributed by atoms with Gasteiger partial charge in [0.25, 0.3) is 0 Å². The van der Waals surface area contributed by atoms with Gasteiger partial charge in [-0.05, 0) is 41.8 Å². The fourth-order valence-corrected chi connectivity index (χ4v) is 3.52. The van der Waals surface area contributed by atoms with Crippen molar-refractivity contribution in [3.05, 3.63) is 59.2 Å². The molecule has 0 aliphatic carbocycles. The Morgan fingerprint density at radius 2 is 1.81 bits per heavy atom. The lowest BCUT2D eigenvalue weighted by Crippen LogP contribution is -2.42. The first-order chi connectivity index (χ1) is 13.1. The fraction of sp³-hybridized carbons (Fsp3) is 0.409. The Morgan fingerprint density at radius 1 is 1.07 bits per heavy atom. The summed E-state index contributed by atoms with van der Waals surface area (Å²) in [6, 6.07) is 14.3. The fourth-order valence-electron chi connectivity index (χ4n) is 3.52. The number of rotatable bonds is 7. The lowest BCUT2D eigenvalue weighted by molar-refractivity contribution is -0.133. The van der Waals surface area contributed by atoms with Crippen LogP contribution in [-0.2, 0) is 24.3 Å². The molecule has 2 aromatic rings. The topological polar surface area (TPSA) is 42.0 Å². The van der Waals surface area contributed by atoms with E-state index in [0.717, 1.165) is 25.1 Å².